The van der Waals surface area contributed by atoms with E-state index in [2.05, 4.69) is 13.2 Å². The topological polar surface area (TPSA) is 49.7 Å². The van der Waals surface area contributed by atoms with Gasteiger partial charge in [-0.25, -0.2) is 0 Å². The summed E-state index contributed by atoms with van der Waals surface area (Å²) in [5.41, 5.74) is 0. The molecule has 0 saturated carbocycles. The van der Waals surface area contributed by atoms with Gasteiger partial charge < -0.3 is 14.9 Å². The number of hydrogen-bond acceptors (Lipinski definition) is 3. The fourth-order valence-electron chi connectivity index (χ4n) is 0.810. The van der Waals surface area contributed by atoms with E-state index in [-0.39, 0.29) is 12.7 Å². The summed E-state index contributed by atoms with van der Waals surface area (Å²) in [6.07, 6.45) is 2.54. The van der Waals surface area contributed by atoms with Crippen LogP contribution in [0.1, 0.15) is 6.42 Å². The van der Waals surface area contributed by atoms with Crippen LogP contribution < -0.4 is 0 Å². The molecule has 0 saturated heterocycles. The maximum atomic E-state index is 9.22. The summed E-state index contributed by atoms with van der Waals surface area (Å²) in [6, 6.07) is 0. The molecule has 0 spiro atoms. The fourth-order valence-corrected chi connectivity index (χ4v) is 0.810. The largest absolute Gasteiger partial charge is 0.394 e. The summed E-state index contributed by atoms with van der Waals surface area (Å²) in [5.74, 6) is 0. The predicted molar refractivity (Wildman–Crippen MR) is 47.8 cm³/mol. The number of rotatable bonds is 7. The summed E-state index contributed by atoms with van der Waals surface area (Å²) >= 11 is 0. The normalized spacial score (nSPS) is 15.2. The average molecular weight is 172 g/mol. The van der Waals surface area contributed by atoms with Crippen LogP contribution in [0, 0.1) is 0 Å². The third-order valence-corrected chi connectivity index (χ3v) is 1.44. The summed E-state index contributed by atoms with van der Waals surface area (Å²) < 4.78 is 5.19. The third-order valence-electron chi connectivity index (χ3n) is 1.44. The minimum atomic E-state index is -0.844. The van der Waals surface area contributed by atoms with Gasteiger partial charge in [-0.3, -0.25) is 0 Å². The molecule has 0 amide bonds. The van der Waals surface area contributed by atoms with Crippen molar-refractivity contribution < 1.29 is 14.9 Å². The molecule has 0 heterocycles. The molecule has 0 radical (unpaired) electrons. The highest BCUT2D eigenvalue weighted by Gasteiger charge is 2.16. The lowest BCUT2D eigenvalue weighted by Gasteiger charge is -2.19. The summed E-state index contributed by atoms with van der Waals surface area (Å²) in [4.78, 5) is 0. The zero-order chi connectivity index (χ0) is 9.40. The Bertz CT molecular complexity index is 134. The van der Waals surface area contributed by atoms with E-state index in [1.54, 1.807) is 12.2 Å². The minimum Gasteiger partial charge on any atom is -0.394 e. The predicted octanol–water partition coefficient (Wildman–Crippen LogP) is 0.487. The second-order valence-corrected chi connectivity index (χ2v) is 2.43. The first-order valence-electron chi connectivity index (χ1n) is 3.88. The molecule has 0 aliphatic rings. The second-order valence-electron chi connectivity index (χ2n) is 2.43. The number of aliphatic hydroxyl groups is 2. The van der Waals surface area contributed by atoms with Crippen molar-refractivity contribution in [2.24, 2.45) is 0 Å². The Kier molecular flexibility index (Phi) is 6.66. The van der Waals surface area contributed by atoms with Crippen molar-refractivity contribution in [1.82, 2.24) is 0 Å². The van der Waals surface area contributed by atoms with Crippen LogP contribution in [0.3, 0.4) is 0 Å². The van der Waals surface area contributed by atoms with E-state index in [1.165, 1.54) is 0 Å². The Morgan fingerprint density at radius 2 is 2.00 bits per heavy atom. The Balaban J connectivity index is 3.83. The van der Waals surface area contributed by atoms with Crippen LogP contribution in [0.15, 0.2) is 25.3 Å². The van der Waals surface area contributed by atoms with Crippen molar-refractivity contribution in [3.63, 3.8) is 0 Å². The third kappa shape index (κ3) is 4.28. The van der Waals surface area contributed by atoms with Gasteiger partial charge in [-0.2, -0.15) is 0 Å². The Hall–Kier alpha value is -0.640. The van der Waals surface area contributed by atoms with E-state index in [1.807, 2.05) is 0 Å². The van der Waals surface area contributed by atoms with Gasteiger partial charge in [0.15, 0.2) is 0 Å². The van der Waals surface area contributed by atoms with E-state index >= 15 is 0 Å². The van der Waals surface area contributed by atoms with Crippen LogP contribution >= 0.6 is 0 Å². The fraction of sp³-hybridized carbons (Fsp3) is 0.556. The van der Waals surface area contributed by atoms with Crippen LogP contribution in [-0.4, -0.2) is 35.6 Å². The van der Waals surface area contributed by atoms with Crippen molar-refractivity contribution in [2.75, 3.05) is 13.2 Å². The van der Waals surface area contributed by atoms with Gasteiger partial charge in [-0.1, -0.05) is 12.2 Å². The molecular weight excluding hydrogens is 156 g/mol. The molecule has 3 heteroatoms. The summed E-state index contributed by atoms with van der Waals surface area (Å²) in [5, 5.41) is 17.9. The van der Waals surface area contributed by atoms with Crippen molar-refractivity contribution in [3.8, 4) is 0 Å². The SMILES string of the molecule is C=CCO[C@@H](CC=C)[C@H](O)CO. The Labute approximate surface area is 73.0 Å². The average Bonchev–Trinajstić information content (AvgIpc) is 2.11. The summed E-state index contributed by atoms with van der Waals surface area (Å²) in [6.45, 7) is 7.08. The van der Waals surface area contributed by atoms with Gasteiger partial charge in [-0.15, -0.1) is 13.2 Å². The lowest BCUT2D eigenvalue weighted by molar-refractivity contribution is -0.0470. The van der Waals surface area contributed by atoms with Crippen molar-refractivity contribution in [3.05, 3.63) is 25.3 Å². The molecule has 0 unspecified atom stereocenters. The maximum Gasteiger partial charge on any atom is 0.103 e. The van der Waals surface area contributed by atoms with Crippen molar-refractivity contribution >= 4 is 0 Å². The molecule has 0 rings (SSSR count). The molecule has 0 fully saturated rings. The van der Waals surface area contributed by atoms with E-state index < -0.39 is 6.10 Å². The van der Waals surface area contributed by atoms with E-state index in [0.717, 1.165) is 0 Å². The van der Waals surface area contributed by atoms with E-state index in [0.29, 0.717) is 13.0 Å². The zero-order valence-corrected chi connectivity index (χ0v) is 7.15. The van der Waals surface area contributed by atoms with Gasteiger partial charge in [-0.05, 0) is 6.42 Å². The zero-order valence-electron chi connectivity index (χ0n) is 7.15. The number of aliphatic hydroxyl groups excluding tert-OH is 2. The number of ether oxygens (including phenoxy) is 1. The molecule has 0 aliphatic carbocycles. The maximum absolute atomic E-state index is 9.22. The molecule has 70 valence electrons. The molecule has 2 atom stereocenters. The molecule has 0 aromatic carbocycles. The second kappa shape index (κ2) is 7.03. The van der Waals surface area contributed by atoms with Crippen LogP contribution in [0.4, 0.5) is 0 Å². The molecule has 2 N–H and O–H groups in total. The molecular formula is C9H16O3. The first-order chi connectivity index (χ1) is 5.76. The minimum absolute atomic E-state index is 0.296. The van der Waals surface area contributed by atoms with Gasteiger partial charge in [0.05, 0.1) is 19.3 Å². The van der Waals surface area contributed by atoms with Gasteiger partial charge in [0.1, 0.15) is 6.10 Å². The molecule has 0 bridgehead atoms. The van der Waals surface area contributed by atoms with Gasteiger partial charge >= 0.3 is 0 Å². The molecule has 0 aromatic heterocycles. The molecule has 3 nitrogen and oxygen atoms in total. The molecule has 0 aliphatic heterocycles. The number of hydrogen-bond donors (Lipinski definition) is 2. The first-order valence-corrected chi connectivity index (χ1v) is 3.88. The monoisotopic (exact) mass is 172 g/mol. The summed E-state index contributed by atoms with van der Waals surface area (Å²) in [7, 11) is 0. The Morgan fingerprint density at radius 1 is 1.33 bits per heavy atom. The highest BCUT2D eigenvalue weighted by Crippen LogP contribution is 2.05. The van der Waals surface area contributed by atoms with Crippen LogP contribution in [0.25, 0.3) is 0 Å². The highest BCUT2D eigenvalue weighted by atomic mass is 16.5. The van der Waals surface area contributed by atoms with E-state index in [9.17, 15) is 5.11 Å². The van der Waals surface area contributed by atoms with Crippen LogP contribution in [0.5, 0.6) is 0 Å². The molecule has 12 heavy (non-hydrogen) atoms. The smallest absolute Gasteiger partial charge is 0.103 e. The van der Waals surface area contributed by atoms with Crippen LogP contribution in [-0.2, 0) is 4.74 Å². The lowest BCUT2D eigenvalue weighted by atomic mass is 10.1. The highest BCUT2D eigenvalue weighted by molar-refractivity contribution is 4.79. The Morgan fingerprint density at radius 3 is 2.42 bits per heavy atom. The standard InChI is InChI=1S/C9H16O3/c1-3-5-9(8(11)7-10)12-6-4-2/h3-4,8-11H,1-2,5-7H2/t8-,9+/m1/s1. The van der Waals surface area contributed by atoms with E-state index in [4.69, 9.17) is 9.84 Å². The van der Waals surface area contributed by atoms with Crippen molar-refractivity contribution in [1.29, 1.82) is 0 Å². The van der Waals surface area contributed by atoms with Crippen LogP contribution in [0.2, 0.25) is 0 Å². The first kappa shape index (κ1) is 11.4. The van der Waals surface area contributed by atoms with Gasteiger partial charge in [0.2, 0.25) is 0 Å². The quantitative estimate of drug-likeness (QED) is 0.549. The molecule has 0 aromatic rings. The van der Waals surface area contributed by atoms with Gasteiger partial charge in [0.25, 0.3) is 0 Å². The van der Waals surface area contributed by atoms with Gasteiger partial charge in [0, 0.05) is 0 Å². The van der Waals surface area contributed by atoms with Crippen molar-refractivity contribution in [2.45, 2.75) is 18.6 Å². The lowest BCUT2D eigenvalue weighted by Crippen LogP contribution is -2.31.